The van der Waals surface area contributed by atoms with E-state index in [4.69, 9.17) is 4.74 Å². The van der Waals surface area contributed by atoms with Crippen molar-refractivity contribution in [3.63, 3.8) is 0 Å². The van der Waals surface area contributed by atoms with Gasteiger partial charge in [-0.05, 0) is 50.5 Å². The van der Waals surface area contributed by atoms with E-state index in [-0.39, 0.29) is 17.8 Å². The van der Waals surface area contributed by atoms with E-state index in [0.717, 1.165) is 31.3 Å². The number of hydrogen-bond donors (Lipinski definition) is 1. The zero-order valence-electron chi connectivity index (χ0n) is 11.2. The molecule has 0 spiro atoms. The van der Waals surface area contributed by atoms with Gasteiger partial charge < -0.3 is 9.84 Å². The Morgan fingerprint density at radius 1 is 1.56 bits per heavy atom. The van der Waals surface area contributed by atoms with Crippen LogP contribution >= 0.6 is 0 Å². The van der Waals surface area contributed by atoms with Crippen LogP contribution in [0.5, 0.6) is 0 Å². The molecule has 0 radical (unpaired) electrons. The predicted octanol–water partition coefficient (Wildman–Crippen LogP) is 2.60. The van der Waals surface area contributed by atoms with Crippen molar-refractivity contribution < 1.29 is 14.6 Å². The number of methoxy groups -OCH3 is 1. The predicted molar refractivity (Wildman–Crippen MR) is 69.9 cm³/mol. The van der Waals surface area contributed by atoms with Crippen LogP contribution in [0.15, 0.2) is 23.8 Å². The molecule has 3 atom stereocenters. The summed E-state index contributed by atoms with van der Waals surface area (Å²) in [6.07, 6.45) is 5.94. The van der Waals surface area contributed by atoms with Gasteiger partial charge in [-0.2, -0.15) is 0 Å². The molecule has 0 bridgehead atoms. The molecular weight excluding hydrogens is 228 g/mol. The third-order valence-corrected chi connectivity index (χ3v) is 4.53. The van der Waals surface area contributed by atoms with E-state index >= 15 is 0 Å². The largest absolute Gasteiger partial charge is 0.469 e. The molecule has 3 heteroatoms. The van der Waals surface area contributed by atoms with Crippen molar-refractivity contribution in [1.82, 2.24) is 0 Å². The van der Waals surface area contributed by atoms with Crippen LogP contribution in [0.25, 0.3) is 0 Å². The lowest BCUT2D eigenvalue weighted by atomic mass is 9.63. The summed E-state index contributed by atoms with van der Waals surface area (Å²) in [5.74, 6) is -0.110. The molecule has 0 aromatic carbocycles. The van der Waals surface area contributed by atoms with Crippen LogP contribution in [0.4, 0.5) is 0 Å². The highest BCUT2D eigenvalue weighted by atomic mass is 16.5. The maximum atomic E-state index is 11.9. The third-order valence-electron chi connectivity index (χ3n) is 4.53. The molecule has 0 amide bonds. The molecule has 2 rings (SSSR count). The number of allylic oxidation sites excluding steroid dienone is 1. The van der Waals surface area contributed by atoms with Crippen LogP contribution in [0.1, 0.15) is 39.0 Å². The molecule has 0 saturated heterocycles. The van der Waals surface area contributed by atoms with E-state index in [1.54, 1.807) is 6.08 Å². The summed E-state index contributed by atoms with van der Waals surface area (Å²) >= 11 is 0. The molecule has 3 nitrogen and oxygen atoms in total. The minimum absolute atomic E-state index is 0.0968. The number of fused-ring (bicyclic) bond motifs is 1. The van der Waals surface area contributed by atoms with Crippen molar-refractivity contribution in [3.8, 4) is 0 Å². The second-order valence-corrected chi connectivity index (χ2v) is 5.49. The van der Waals surface area contributed by atoms with Crippen molar-refractivity contribution in [2.45, 2.75) is 44.6 Å². The Labute approximate surface area is 109 Å². The zero-order chi connectivity index (χ0) is 13.3. The molecular formula is C15H22O3. The normalized spacial score (nSPS) is 35.9. The molecule has 1 saturated carbocycles. The van der Waals surface area contributed by atoms with Crippen molar-refractivity contribution in [2.75, 3.05) is 7.11 Å². The fraction of sp³-hybridized carbons (Fsp3) is 0.667. The Kier molecular flexibility index (Phi) is 3.62. The Balaban J connectivity index is 2.40. The number of carbonyl (C=O) groups is 1. The summed E-state index contributed by atoms with van der Waals surface area (Å²) in [5, 5.41) is 10.7. The van der Waals surface area contributed by atoms with Crippen LogP contribution in [0.2, 0.25) is 0 Å². The highest BCUT2D eigenvalue weighted by Crippen LogP contribution is 2.48. The lowest BCUT2D eigenvalue weighted by Crippen LogP contribution is -2.43. The summed E-state index contributed by atoms with van der Waals surface area (Å²) < 4.78 is 4.91. The number of carbonyl (C=O) groups excluding carboxylic acids is 1. The summed E-state index contributed by atoms with van der Waals surface area (Å²) in [7, 11) is 1.44. The SMILES string of the molecule is C=C[C@@]1(O)CCC[C@H]2C1=C(C)CC[C@H]2C(=O)OC. The van der Waals surface area contributed by atoms with Gasteiger partial charge in [-0.3, -0.25) is 4.79 Å². The molecule has 100 valence electrons. The third kappa shape index (κ3) is 2.01. The molecule has 0 unspecified atom stereocenters. The quantitative estimate of drug-likeness (QED) is 0.605. The first kappa shape index (κ1) is 13.3. The fourth-order valence-corrected chi connectivity index (χ4v) is 3.63. The van der Waals surface area contributed by atoms with E-state index in [1.807, 2.05) is 0 Å². The van der Waals surface area contributed by atoms with E-state index in [1.165, 1.54) is 12.7 Å². The second-order valence-electron chi connectivity index (χ2n) is 5.49. The van der Waals surface area contributed by atoms with Gasteiger partial charge in [0.2, 0.25) is 0 Å². The second kappa shape index (κ2) is 4.88. The minimum atomic E-state index is -0.917. The Hall–Kier alpha value is -1.09. The summed E-state index contributed by atoms with van der Waals surface area (Å²) in [6.45, 7) is 5.84. The van der Waals surface area contributed by atoms with Crippen LogP contribution in [0.3, 0.4) is 0 Å². The lowest BCUT2D eigenvalue weighted by molar-refractivity contribution is -0.148. The molecule has 0 heterocycles. The number of esters is 1. The van der Waals surface area contributed by atoms with Gasteiger partial charge in [0, 0.05) is 0 Å². The van der Waals surface area contributed by atoms with Gasteiger partial charge in [0.15, 0.2) is 0 Å². The van der Waals surface area contributed by atoms with Crippen LogP contribution < -0.4 is 0 Å². The molecule has 1 fully saturated rings. The number of hydrogen-bond acceptors (Lipinski definition) is 3. The number of rotatable bonds is 2. The van der Waals surface area contributed by atoms with Gasteiger partial charge in [-0.25, -0.2) is 0 Å². The van der Waals surface area contributed by atoms with E-state index < -0.39 is 5.60 Å². The average molecular weight is 250 g/mol. The zero-order valence-corrected chi connectivity index (χ0v) is 11.2. The Morgan fingerprint density at radius 3 is 2.89 bits per heavy atom. The van der Waals surface area contributed by atoms with E-state index in [0.29, 0.717) is 6.42 Å². The Bertz CT molecular complexity index is 397. The maximum absolute atomic E-state index is 11.9. The van der Waals surface area contributed by atoms with Gasteiger partial charge in [-0.1, -0.05) is 18.2 Å². The van der Waals surface area contributed by atoms with Gasteiger partial charge in [0.1, 0.15) is 5.60 Å². The maximum Gasteiger partial charge on any atom is 0.309 e. The first-order chi connectivity index (χ1) is 8.53. The Morgan fingerprint density at radius 2 is 2.28 bits per heavy atom. The van der Waals surface area contributed by atoms with Crippen LogP contribution in [-0.2, 0) is 9.53 Å². The first-order valence-electron chi connectivity index (χ1n) is 6.67. The number of aliphatic hydroxyl groups is 1. The smallest absolute Gasteiger partial charge is 0.309 e. The van der Waals surface area contributed by atoms with Crippen LogP contribution in [-0.4, -0.2) is 23.8 Å². The van der Waals surface area contributed by atoms with Crippen molar-refractivity contribution in [1.29, 1.82) is 0 Å². The standard InChI is InChI=1S/C15H22O3/c1-4-15(17)9-5-6-11-12(14(16)18-3)8-7-10(2)13(11)15/h4,11-12,17H,1,5-9H2,2-3H3/t11-,12-,15-/m1/s1. The van der Waals surface area contributed by atoms with E-state index in [2.05, 4.69) is 13.5 Å². The van der Waals surface area contributed by atoms with Crippen LogP contribution in [0, 0.1) is 11.8 Å². The molecule has 0 aliphatic heterocycles. The molecule has 0 aromatic rings. The number of ether oxygens (including phenoxy) is 1. The van der Waals surface area contributed by atoms with Gasteiger partial charge in [0.25, 0.3) is 0 Å². The summed E-state index contributed by atoms with van der Waals surface area (Å²) in [5.41, 5.74) is 1.34. The van der Waals surface area contributed by atoms with Gasteiger partial charge in [-0.15, -0.1) is 0 Å². The van der Waals surface area contributed by atoms with Crippen molar-refractivity contribution >= 4 is 5.97 Å². The highest BCUT2D eigenvalue weighted by molar-refractivity contribution is 5.74. The highest BCUT2D eigenvalue weighted by Gasteiger charge is 2.45. The van der Waals surface area contributed by atoms with Crippen molar-refractivity contribution in [2.24, 2.45) is 11.8 Å². The average Bonchev–Trinajstić information content (AvgIpc) is 2.38. The van der Waals surface area contributed by atoms with Gasteiger partial charge in [0.05, 0.1) is 13.0 Å². The minimum Gasteiger partial charge on any atom is -0.469 e. The van der Waals surface area contributed by atoms with E-state index in [9.17, 15) is 9.90 Å². The molecule has 1 N–H and O–H groups in total. The first-order valence-corrected chi connectivity index (χ1v) is 6.67. The lowest BCUT2D eigenvalue weighted by Gasteiger charge is -2.44. The molecule has 18 heavy (non-hydrogen) atoms. The molecule has 2 aliphatic rings. The topological polar surface area (TPSA) is 46.5 Å². The molecule has 2 aliphatic carbocycles. The fourth-order valence-electron chi connectivity index (χ4n) is 3.63. The summed E-state index contributed by atoms with van der Waals surface area (Å²) in [4.78, 5) is 11.9. The van der Waals surface area contributed by atoms with Gasteiger partial charge >= 0.3 is 5.97 Å². The summed E-state index contributed by atoms with van der Waals surface area (Å²) in [6, 6.07) is 0. The monoisotopic (exact) mass is 250 g/mol. The van der Waals surface area contributed by atoms with Crippen molar-refractivity contribution in [3.05, 3.63) is 23.8 Å². The molecule has 0 aromatic heterocycles.